The van der Waals surface area contributed by atoms with Crippen molar-refractivity contribution in [3.63, 3.8) is 0 Å². The van der Waals surface area contributed by atoms with Gasteiger partial charge in [0, 0.05) is 36.1 Å². The molecule has 1 amide bonds. The summed E-state index contributed by atoms with van der Waals surface area (Å²) in [4.78, 5) is 12.9. The number of furan rings is 1. The number of carbonyl (C=O) groups is 1. The zero-order valence-corrected chi connectivity index (χ0v) is 16.2. The third kappa shape index (κ3) is 3.31. The SMILES string of the molecule is Cc1c(C(=O)NCC2(c3cccc(F)c3)CCOCC2)oc2c(C)cccc12. The standard InChI is InChI=1S/C23H24FNO3/c1-15-5-3-8-19-16(2)21(28-20(15)19)22(26)25-14-23(9-11-27-12-10-23)17-6-4-7-18(24)13-17/h3-8,13H,9-12,14H2,1-2H3,(H,25,26). The lowest BCUT2D eigenvalue weighted by Gasteiger charge is -2.37. The molecule has 5 heteroatoms. The predicted molar refractivity (Wildman–Crippen MR) is 106 cm³/mol. The van der Waals surface area contributed by atoms with E-state index >= 15 is 0 Å². The van der Waals surface area contributed by atoms with Crippen LogP contribution in [0.3, 0.4) is 0 Å². The predicted octanol–water partition coefficient (Wildman–Crippen LogP) is 4.67. The highest BCUT2D eigenvalue weighted by Gasteiger charge is 2.35. The lowest BCUT2D eigenvalue weighted by Crippen LogP contribution is -2.44. The number of halogens is 1. The van der Waals surface area contributed by atoms with Crippen LogP contribution >= 0.6 is 0 Å². The highest BCUT2D eigenvalue weighted by Crippen LogP contribution is 2.35. The van der Waals surface area contributed by atoms with E-state index in [2.05, 4.69) is 5.32 Å². The van der Waals surface area contributed by atoms with Gasteiger partial charge in [-0.15, -0.1) is 0 Å². The number of benzene rings is 2. The second-order valence-corrected chi connectivity index (χ2v) is 7.59. The minimum absolute atomic E-state index is 0.240. The van der Waals surface area contributed by atoms with Crippen molar-refractivity contribution in [2.24, 2.45) is 0 Å². The summed E-state index contributed by atoms with van der Waals surface area (Å²) >= 11 is 0. The van der Waals surface area contributed by atoms with Gasteiger partial charge in [-0.1, -0.05) is 30.3 Å². The van der Waals surface area contributed by atoms with Gasteiger partial charge in [0.1, 0.15) is 11.4 Å². The first kappa shape index (κ1) is 18.7. The van der Waals surface area contributed by atoms with Gasteiger partial charge < -0.3 is 14.5 Å². The molecule has 4 rings (SSSR count). The van der Waals surface area contributed by atoms with Gasteiger partial charge in [-0.05, 0) is 49.9 Å². The van der Waals surface area contributed by atoms with Gasteiger partial charge in [0.15, 0.2) is 5.76 Å². The van der Waals surface area contributed by atoms with Gasteiger partial charge >= 0.3 is 0 Å². The van der Waals surface area contributed by atoms with E-state index < -0.39 is 0 Å². The first-order valence-corrected chi connectivity index (χ1v) is 9.61. The molecule has 1 aromatic heterocycles. The van der Waals surface area contributed by atoms with Crippen molar-refractivity contribution < 1.29 is 18.3 Å². The summed E-state index contributed by atoms with van der Waals surface area (Å²) < 4.78 is 25.2. The topological polar surface area (TPSA) is 51.5 Å². The minimum Gasteiger partial charge on any atom is -0.450 e. The highest BCUT2D eigenvalue weighted by molar-refractivity contribution is 5.99. The molecule has 146 valence electrons. The molecule has 3 aromatic rings. The van der Waals surface area contributed by atoms with Crippen LogP contribution in [0.15, 0.2) is 46.9 Å². The lowest BCUT2D eigenvalue weighted by molar-refractivity contribution is 0.0484. The van der Waals surface area contributed by atoms with E-state index in [1.807, 2.05) is 38.1 Å². The van der Waals surface area contributed by atoms with E-state index in [0.717, 1.165) is 40.5 Å². The molecule has 0 radical (unpaired) electrons. The van der Waals surface area contributed by atoms with Gasteiger partial charge in [-0.3, -0.25) is 4.79 Å². The van der Waals surface area contributed by atoms with E-state index in [9.17, 15) is 9.18 Å². The summed E-state index contributed by atoms with van der Waals surface area (Å²) in [5.41, 5.74) is 3.14. The average molecular weight is 381 g/mol. The molecule has 1 N–H and O–H groups in total. The Morgan fingerprint density at radius 3 is 2.61 bits per heavy atom. The maximum atomic E-state index is 13.8. The second-order valence-electron chi connectivity index (χ2n) is 7.59. The van der Waals surface area contributed by atoms with Crippen molar-refractivity contribution in [3.8, 4) is 0 Å². The normalized spacial score (nSPS) is 16.2. The van der Waals surface area contributed by atoms with Crippen LogP contribution in [0.4, 0.5) is 4.39 Å². The average Bonchev–Trinajstić information content (AvgIpc) is 3.05. The zero-order valence-electron chi connectivity index (χ0n) is 16.2. The maximum Gasteiger partial charge on any atom is 0.287 e. The third-order valence-electron chi connectivity index (χ3n) is 5.84. The van der Waals surface area contributed by atoms with E-state index in [1.54, 1.807) is 12.1 Å². The number of carbonyl (C=O) groups excluding carboxylic acids is 1. The summed E-state index contributed by atoms with van der Waals surface area (Å²) in [6.45, 7) is 5.46. The quantitative estimate of drug-likeness (QED) is 0.715. The molecule has 0 atom stereocenters. The van der Waals surface area contributed by atoms with Crippen molar-refractivity contribution in [2.75, 3.05) is 19.8 Å². The Morgan fingerprint density at radius 2 is 1.89 bits per heavy atom. The molecule has 0 saturated carbocycles. The fourth-order valence-electron chi connectivity index (χ4n) is 4.08. The molecule has 2 heterocycles. The van der Waals surface area contributed by atoms with Crippen molar-refractivity contribution >= 4 is 16.9 Å². The monoisotopic (exact) mass is 381 g/mol. The van der Waals surface area contributed by atoms with E-state index in [1.165, 1.54) is 6.07 Å². The second kappa shape index (κ2) is 7.40. The molecule has 1 aliphatic heterocycles. The zero-order chi connectivity index (χ0) is 19.7. The van der Waals surface area contributed by atoms with Crippen LogP contribution in [0.25, 0.3) is 11.0 Å². The summed E-state index contributed by atoms with van der Waals surface area (Å²) in [7, 11) is 0. The molecular weight excluding hydrogens is 357 g/mol. The Kier molecular flexibility index (Phi) is 4.94. The Hall–Kier alpha value is -2.66. The number of hydrogen-bond donors (Lipinski definition) is 1. The van der Waals surface area contributed by atoms with Crippen LogP contribution in [0.1, 0.15) is 40.1 Å². The number of aryl methyl sites for hydroxylation is 2. The Bertz CT molecular complexity index is 1020. The number of nitrogens with one attached hydrogen (secondary N) is 1. The molecule has 0 aliphatic carbocycles. The Morgan fingerprint density at radius 1 is 1.14 bits per heavy atom. The van der Waals surface area contributed by atoms with Gasteiger partial charge in [0.25, 0.3) is 5.91 Å². The fourth-order valence-corrected chi connectivity index (χ4v) is 4.08. The number of ether oxygens (including phenoxy) is 1. The third-order valence-corrected chi connectivity index (χ3v) is 5.84. The van der Waals surface area contributed by atoms with Crippen LogP contribution in [0.2, 0.25) is 0 Å². The minimum atomic E-state index is -0.341. The fraction of sp³-hybridized carbons (Fsp3) is 0.348. The number of para-hydroxylation sites is 1. The van der Waals surface area contributed by atoms with Crippen LogP contribution < -0.4 is 5.32 Å². The van der Waals surface area contributed by atoms with Crippen LogP contribution in [-0.2, 0) is 10.2 Å². The molecule has 1 aliphatic rings. The summed E-state index contributed by atoms with van der Waals surface area (Å²) in [6.07, 6.45) is 1.46. The van der Waals surface area contributed by atoms with Gasteiger partial charge in [-0.25, -0.2) is 4.39 Å². The van der Waals surface area contributed by atoms with Crippen molar-refractivity contribution in [1.82, 2.24) is 5.32 Å². The number of amides is 1. The molecule has 1 saturated heterocycles. The largest absolute Gasteiger partial charge is 0.450 e. The van der Waals surface area contributed by atoms with Crippen molar-refractivity contribution in [3.05, 3.63) is 70.7 Å². The van der Waals surface area contributed by atoms with Gasteiger partial charge in [0.2, 0.25) is 0 Å². The summed E-state index contributed by atoms with van der Waals surface area (Å²) in [5, 5.41) is 3.99. The number of rotatable bonds is 4. The maximum absolute atomic E-state index is 13.8. The Labute approximate surface area is 163 Å². The first-order chi connectivity index (χ1) is 13.5. The highest BCUT2D eigenvalue weighted by atomic mass is 19.1. The molecule has 0 unspecified atom stereocenters. The van der Waals surface area contributed by atoms with Crippen LogP contribution in [0, 0.1) is 19.7 Å². The van der Waals surface area contributed by atoms with E-state index in [4.69, 9.17) is 9.15 Å². The molecule has 28 heavy (non-hydrogen) atoms. The molecule has 0 bridgehead atoms. The first-order valence-electron chi connectivity index (χ1n) is 9.61. The van der Waals surface area contributed by atoms with Gasteiger partial charge in [-0.2, -0.15) is 0 Å². The number of fused-ring (bicyclic) bond motifs is 1. The molecule has 4 nitrogen and oxygen atoms in total. The Balaban J connectivity index is 1.60. The molecular formula is C23H24FNO3. The number of hydrogen-bond acceptors (Lipinski definition) is 3. The lowest BCUT2D eigenvalue weighted by atomic mass is 9.74. The van der Waals surface area contributed by atoms with Crippen molar-refractivity contribution in [1.29, 1.82) is 0 Å². The smallest absolute Gasteiger partial charge is 0.287 e. The van der Waals surface area contributed by atoms with Crippen LogP contribution in [-0.4, -0.2) is 25.7 Å². The molecule has 1 fully saturated rings. The molecule has 0 spiro atoms. The molecule has 2 aromatic carbocycles. The van der Waals surface area contributed by atoms with Crippen molar-refractivity contribution in [2.45, 2.75) is 32.1 Å². The van der Waals surface area contributed by atoms with Gasteiger partial charge in [0.05, 0.1) is 0 Å². The van der Waals surface area contributed by atoms with Crippen LogP contribution in [0.5, 0.6) is 0 Å². The summed E-state index contributed by atoms with van der Waals surface area (Å²) in [5.74, 6) is -0.167. The van der Waals surface area contributed by atoms with E-state index in [-0.39, 0.29) is 17.1 Å². The van der Waals surface area contributed by atoms with E-state index in [0.29, 0.717) is 25.5 Å². The summed E-state index contributed by atoms with van der Waals surface area (Å²) in [6, 6.07) is 12.5.